The van der Waals surface area contributed by atoms with Crippen LogP contribution in [0.25, 0.3) is 0 Å². The topological polar surface area (TPSA) is 50.7 Å². The van der Waals surface area contributed by atoms with Gasteiger partial charge in [0.05, 0.1) is 13.7 Å². The van der Waals surface area contributed by atoms with Gasteiger partial charge in [-0.2, -0.15) is 0 Å². The van der Waals surface area contributed by atoms with Crippen molar-refractivity contribution < 1.29 is 14.6 Å². The second-order valence-corrected chi connectivity index (χ2v) is 4.19. The highest BCUT2D eigenvalue weighted by atomic mass is 16.5. The van der Waals surface area contributed by atoms with Gasteiger partial charge < -0.3 is 19.9 Å². The fourth-order valence-corrected chi connectivity index (χ4v) is 2.11. The number of aliphatic hydroxyl groups is 1. The second kappa shape index (κ2) is 5.89. The molecule has 1 aliphatic heterocycles. The molecule has 0 aliphatic carbocycles. The van der Waals surface area contributed by atoms with Gasteiger partial charge in [-0.15, -0.1) is 0 Å². The molecule has 1 fully saturated rings. The molecule has 0 amide bonds. The molecule has 17 heavy (non-hydrogen) atoms. The van der Waals surface area contributed by atoms with E-state index in [0.29, 0.717) is 11.5 Å². The molecule has 0 spiro atoms. The molecule has 4 heteroatoms. The Hall–Kier alpha value is -1.26. The molecule has 1 atom stereocenters. The number of hydrogen-bond acceptors (Lipinski definition) is 4. The van der Waals surface area contributed by atoms with Crippen molar-refractivity contribution in [1.29, 1.82) is 0 Å². The summed E-state index contributed by atoms with van der Waals surface area (Å²) in [4.78, 5) is 0. The van der Waals surface area contributed by atoms with Gasteiger partial charge in [-0.1, -0.05) is 12.1 Å². The zero-order valence-electron chi connectivity index (χ0n) is 10.1. The van der Waals surface area contributed by atoms with E-state index in [1.54, 1.807) is 7.11 Å². The van der Waals surface area contributed by atoms with Crippen LogP contribution in [0.4, 0.5) is 0 Å². The predicted octanol–water partition coefficient (Wildman–Crippen LogP) is 1.32. The van der Waals surface area contributed by atoms with Crippen molar-refractivity contribution in [2.24, 2.45) is 0 Å². The molecule has 1 aromatic carbocycles. The van der Waals surface area contributed by atoms with Gasteiger partial charge in [0, 0.05) is 12.1 Å². The quantitative estimate of drug-likeness (QED) is 0.829. The lowest BCUT2D eigenvalue weighted by Gasteiger charge is -2.25. The summed E-state index contributed by atoms with van der Waals surface area (Å²) >= 11 is 0. The molecular formula is C13H19NO3. The zero-order valence-corrected chi connectivity index (χ0v) is 10.1. The minimum absolute atomic E-state index is 0.0384. The summed E-state index contributed by atoms with van der Waals surface area (Å²) in [7, 11) is 1.60. The zero-order chi connectivity index (χ0) is 12.1. The summed E-state index contributed by atoms with van der Waals surface area (Å²) in [5.74, 6) is 1.35. The Bertz CT molecular complexity index is 362. The number of benzene rings is 1. The van der Waals surface area contributed by atoms with Crippen molar-refractivity contribution in [3.05, 3.63) is 23.8 Å². The summed E-state index contributed by atoms with van der Waals surface area (Å²) < 4.78 is 11.2. The molecule has 0 radical (unpaired) electrons. The van der Waals surface area contributed by atoms with E-state index in [1.165, 1.54) is 0 Å². The third-order valence-electron chi connectivity index (χ3n) is 2.98. The summed E-state index contributed by atoms with van der Waals surface area (Å²) in [6.07, 6.45) is 2.37. The van der Waals surface area contributed by atoms with E-state index in [1.807, 2.05) is 18.2 Å². The lowest BCUT2D eigenvalue weighted by atomic mass is 10.1. The number of aliphatic hydroxyl groups excluding tert-OH is 1. The number of para-hydroxylation sites is 1. The van der Waals surface area contributed by atoms with Crippen LogP contribution >= 0.6 is 0 Å². The van der Waals surface area contributed by atoms with E-state index < -0.39 is 0 Å². The average molecular weight is 237 g/mol. The van der Waals surface area contributed by atoms with E-state index in [9.17, 15) is 5.11 Å². The first-order chi connectivity index (χ1) is 8.35. The molecule has 0 bridgehead atoms. The molecule has 2 N–H and O–H groups in total. The molecule has 0 saturated carbocycles. The van der Waals surface area contributed by atoms with E-state index in [-0.39, 0.29) is 12.7 Å². The Labute approximate surface area is 102 Å². The third kappa shape index (κ3) is 2.90. The maximum atomic E-state index is 9.23. The highest BCUT2D eigenvalue weighted by Crippen LogP contribution is 2.32. The molecule has 94 valence electrons. The lowest BCUT2D eigenvalue weighted by molar-refractivity contribution is 0.160. The first-order valence-corrected chi connectivity index (χ1v) is 5.99. The summed E-state index contributed by atoms with van der Waals surface area (Å²) in [5.41, 5.74) is 0.758. The van der Waals surface area contributed by atoms with Crippen LogP contribution < -0.4 is 14.8 Å². The van der Waals surface area contributed by atoms with Crippen LogP contribution in [0.15, 0.2) is 18.2 Å². The molecule has 1 aromatic rings. The molecule has 1 saturated heterocycles. The highest BCUT2D eigenvalue weighted by Gasteiger charge is 2.17. The van der Waals surface area contributed by atoms with Crippen LogP contribution in [0.2, 0.25) is 0 Å². The minimum atomic E-state index is -0.0384. The van der Waals surface area contributed by atoms with E-state index in [2.05, 4.69) is 5.32 Å². The highest BCUT2D eigenvalue weighted by molar-refractivity contribution is 5.46. The Morgan fingerprint density at radius 2 is 2.35 bits per heavy atom. The van der Waals surface area contributed by atoms with Crippen LogP contribution in [0.5, 0.6) is 11.5 Å². The summed E-state index contributed by atoms with van der Waals surface area (Å²) in [5, 5.41) is 12.5. The molecule has 1 heterocycles. The van der Waals surface area contributed by atoms with Gasteiger partial charge in [0.1, 0.15) is 6.10 Å². The Kier molecular flexibility index (Phi) is 4.23. The maximum Gasteiger partial charge on any atom is 0.166 e. The SMILES string of the molecule is COc1c(CO)cccc1OC1CCCNC1. The number of methoxy groups -OCH3 is 1. The van der Waals surface area contributed by atoms with E-state index in [0.717, 1.165) is 31.5 Å². The van der Waals surface area contributed by atoms with Crippen LogP contribution in [-0.4, -0.2) is 31.4 Å². The number of piperidine rings is 1. The normalized spacial score (nSPS) is 20.0. The first kappa shape index (κ1) is 12.2. The molecule has 0 aromatic heterocycles. The standard InChI is InChI=1S/C13H19NO3/c1-16-13-10(9-15)4-2-6-12(13)17-11-5-3-7-14-8-11/h2,4,6,11,14-15H,3,5,7-9H2,1H3. The van der Waals surface area contributed by atoms with Crippen LogP contribution in [-0.2, 0) is 6.61 Å². The van der Waals surface area contributed by atoms with Crippen molar-refractivity contribution in [3.63, 3.8) is 0 Å². The van der Waals surface area contributed by atoms with E-state index >= 15 is 0 Å². The average Bonchev–Trinajstić information content (AvgIpc) is 2.39. The van der Waals surface area contributed by atoms with Gasteiger partial charge >= 0.3 is 0 Å². The predicted molar refractivity (Wildman–Crippen MR) is 65.4 cm³/mol. The first-order valence-electron chi connectivity index (χ1n) is 5.99. The van der Waals surface area contributed by atoms with Gasteiger partial charge in [-0.3, -0.25) is 0 Å². The number of nitrogens with one attached hydrogen (secondary N) is 1. The van der Waals surface area contributed by atoms with Crippen molar-refractivity contribution in [2.75, 3.05) is 20.2 Å². The number of ether oxygens (including phenoxy) is 2. The van der Waals surface area contributed by atoms with Crippen molar-refractivity contribution in [3.8, 4) is 11.5 Å². The molecule has 4 nitrogen and oxygen atoms in total. The lowest BCUT2D eigenvalue weighted by Crippen LogP contribution is -2.37. The maximum absolute atomic E-state index is 9.23. The Balaban J connectivity index is 2.13. The van der Waals surface area contributed by atoms with Gasteiger partial charge in [0.2, 0.25) is 0 Å². The fourth-order valence-electron chi connectivity index (χ4n) is 2.11. The van der Waals surface area contributed by atoms with Crippen molar-refractivity contribution >= 4 is 0 Å². The van der Waals surface area contributed by atoms with Crippen LogP contribution in [0.1, 0.15) is 18.4 Å². The molecular weight excluding hydrogens is 218 g/mol. The molecule has 1 aliphatic rings. The Morgan fingerprint density at radius 3 is 3.00 bits per heavy atom. The van der Waals surface area contributed by atoms with E-state index in [4.69, 9.17) is 9.47 Å². The molecule has 2 rings (SSSR count). The smallest absolute Gasteiger partial charge is 0.166 e. The molecule has 1 unspecified atom stereocenters. The second-order valence-electron chi connectivity index (χ2n) is 4.19. The minimum Gasteiger partial charge on any atom is -0.492 e. The largest absolute Gasteiger partial charge is 0.492 e. The van der Waals surface area contributed by atoms with Gasteiger partial charge in [0.25, 0.3) is 0 Å². The van der Waals surface area contributed by atoms with Crippen molar-refractivity contribution in [2.45, 2.75) is 25.6 Å². The number of rotatable bonds is 4. The van der Waals surface area contributed by atoms with Crippen LogP contribution in [0, 0.1) is 0 Å². The van der Waals surface area contributed by atoms with Crippen molar-refractivity contribution in [1.82, 2.24) is 5.32 Å². The summed E-state index contributed by atoms with van der Waals surface area (Å²) in [6, 6.07) is 5.59. The van der Waals surface area contributed by atoms with Crippen LogP contribution in [0.3, 0.4) is 0 Å². The van der Waals surface area contributed by atoms with Gasteiger partial charge in [-0.25, -0.2) is 0 Å². The fraction of sp³-hybridized carbons (Fsp3) is 0.538. The monoisotopic (exact) mass is 237 g/mol. The summed E-state index contributed by atoms with van der Waals surface area (Å²) in [6.45, 7) is 1.89. The third-order valence-corrected chi connectivity index (χ3v) is 2.98. The Morgan fingerprint density at radius 1 is 1.47 bits per heavy atom. The van der Waals surface area contributed by atoms with Gasteiger partial charge in [-0.05, 0) is 25.5 Å². The van der Waals surface area contributed by atoms with Gasteiger partial charge in [0.15, 0.2) is 11.5 Å². The number of hydrogen-bond donors (Lipinski definition) is 2.